The van der Waals surface area contributed by atoms with Crippen LogP contribution in [0.25, 0.3) is 0 Å². The maximum absolute atomic E-state index is 13.2. The first-order valence-corrected chi connectivity index (χ1v) is 12.1. The Morgan fingerprint density at radius 3 is 2.59 bits per heavy atom. The maximum Gasteiger partial charge on any atom is 0.317 e. The van der Waals surface area contributed by atoms with Crippen LogP contribution in [0, 0.1) is 11.2 Å². The highest BCUT2D eigenvalue weighted by molar-refractivity contribution is 6.30. The maximum atomic E-state index is 13.2. The van der Waals surface area contributed by atoms with E-state index in [-0.39, 0.29) is 29.3 Å². The monoisotopic (exact) mass is 478 g/mol. The predicted octanol–water partition coefficient (Wildman–Crippen LogP) is 5.99. The molecule has 1 spiro atoms. The van der Waals surface area contributed by atoms with Crippen molar-refractivity contribution < 1.29 is 9.18 Å². The molecule has 1 aromatic heterocycles. The van der Waals surface area contributed by atoms with Crippen LogP contribution in [-0.4, -0.2) is 35.5 Å². The van der Waals surface area contributed by atoms with Crippen LogP contribution in [0.2, 0.25) is 5.02 Å². The molecule has 0 saturated carbocycles. The summed E-state index contributed by atoms with van der Waals surface area (Å²) in [6.45, 7) is 4.24. The predicted molar refractivity (Wildman–Crippen MR) is 132 cm³/mol. The van der Waals surface area contributed by atoms with Gasteiger partial charge in [-0.1, -0.05) is 35.9 Å². The van der Waals surface area contributed by atoms with Crippen LogP contribution in [0.3, 0.4) is 0 Å². The fraction of sp³-hybridized carbons (Fsp3) is 0.333. The fourth-order valence-electron chi connectivity index (χ4n) is 5.40. The zero-order valence-electron chi connectivity index (χ0n) is 19.1. The molecule has 3 aromatic rings. The lowest BCUT2D eigenvalue weighted by Crippen LogP contribution is -2.63. The molecule has 0 bridgehead atoms. The third kappa shape index (κ3) is 4.34. The van der Waals surface area contributed by atoms with Gasteiger partial charge in [0, 0.05) is 48.2 Å². The molecule has 2 amide bonds. The number of hydrogen-bond donors (Lipinski definition) is 1. The number of hydrogen-bond acceptors (Lipinski definition) is 3. The molecule has 2 saturated heterocycles. The average Bonchev–Trinajstić information content (AvgIpc) is 2.84. The minimum Gasteiger partial charge on any atom is -0.363 e. The molecule has 0 radical (unpaired) electrons. The van der Waals surface area contributed by atoms with E-state index < -0.39 is 0 Å². The second kappa shape index (κ2) is 9.26. The third-order valence-electron chi connectivity index (χ3n) is 7.27. The van der Waals surface area contributed by atoms with Crippen LogP contribution in [0.5, 0.6) is 0 Å². The summed E-state index contributed by atoms with van der Waals surface area (Å²) in [6, 6.07) is 18.3. The van der Waals surface area contributed by atoms with E-state index in [0.29, 0.717) is 13.1 Å². The van der Waals surface area contributed by atoms with Gasteiger partial charge in [-0.2, -0.15) is 0 Å². The molecule has 7 heteroatoms. The number of piperidine rings is 1. The number of rotatable bonds is 4. The van der Waals surface area contributed by atoms with Crippen molar-refractivity contribution in [2.24, 2.45) is 5.41 Å². The number of benzene rings is 2. The van der Waals surface area contributed by atoms with Gasteiger partial charge in [0.15, 0.2) is 0 Å². The SMILES string of the molecule is C[C@H](NC(=O)N1CCC2(CC1)CN(c1cccc(Cl)c1)C2c1cccnc1)c1ccc(F)cc1. The molecule has 2 aromatic carbocycles. The van der Waals surface area contributed by atoms with Gasteiger partial charge in [-0.3, -0.25) is 4.98 Å². The molecule has 2 fully saturated rings. The van der Waals surface area contributed by atoms with Gasteiger partial charge in [0.2, 0.25) is 0 Å². The van der Waals surface area contributed by atoms with E-state index in [1.807, 2.05) is 42.3 Å². The van der Waals surface area contributed by atoms with E-state index in [1.54, 1.807) is 18.3 Å². The lowest BCUT2D eigenvalue weighted by Gasteiger charge is -2.61. The van der Waals surface area contributed by atoms with Gasteiger partial charge in [0.05, 0.1) is 12.1 Å². The zero-order valence-corrected chi connectivity index (χ0v) is 19.9. The first-order chi connectivity index (χ1) is 16.4. The molecule has 2 aliphatic heterocycles. The number of carbonyl (C=O) groups excluding carboxylic acids is 1. The Labute approximate surface area is 204 Å². The standard InChI is InChI=1S/C27H28ClFN4O/c1-19(20-7-9-23(29)10-8-20)31-26(34)32-14-11-27(12-15-32)18-33(24-6-2-5-22(28)16-24)25(27)21-4-3-13-30-17-21/h2-10,13,16-17,19,25H,11-12,14-15,18H2,1H3,(H,31,34)/t19-,25?/m0/s1. The van der Waals surface area contributed by atoms with Crippen LogP contribution in [0.15, 0.2) is 73.1 Å². The Kier molecular flexibility index (Phi) is 6.17. The van der Waals surface area contributed by atoms with E-state index in [1.165, 1.54) is 17.7 Å². The van der Waals surface area contributed by atoms with Gasteiger partial charge in [-0.15, -0.1) is 0 Å². The van der Waals surface area contributed by atoms with Gasteiger partial charge in [-0.25, -0.2) is 9.18 Å². The summed E-state index contributed by atoms with van der Waals surface area (Å²) in [5.74, 6) is -0.279. The van der Waals surface area contributed by atoms with E-state index in [9.17, 15) is 9.18 Å². The lowest BCUT2D eigenvalue weighted by molar-refractivity contribution is 0.0431. The number of likely N-dealkylation sites (tertiary alicyclic amines) is 1. The van der Waals surface area contributed by atoms with Crippen molar-refractivity contribution in [1.82, 2.24) is 15.2 Å². The first kappa shape index (κ1) is 22.7. The summed E-state index contributed by atoms with van der Waals surface area (Å²) >= 11 is 6.28. The minimum atomic E-state index is -0.279. The van der Waals surface area contributed by atoms with Gasteiger partial charge < -0.3 is 15.1 Å². The molecular weight excluding hydrogens is 451 g/mol. The number of aromatic nitrogens is 1. The fourth-order valence-corrected chi connectivity index (χ4v) is 5.58. The van der Waals surface area contributed by atoms with Gasteiger partial charge in [-0.05, 0) is 67.3 Å². The highest BCUT2D eigenvalue weighted by atomic mass is 35.5. The second-order valence-corrected chi connectivity index (χ2v) is 9.81. The van der Waals surface area contributed by atoms with Crippen molar-refractivity contribution >= 4 is 23.3 Å². The Balaban J connectivity index is 1.28. The normalized spacial score (nSPS) is 20.0. The Morgan fingerprint density at radius 2 is 1.91 bits per heavy atom. The molecule has 0 aliphatic carbocycles. The highest BCUT2D eigenvalue weighted by Gasteiger charge is 2.54. The van der Waals surface area contributed by atoms with Crippen LogP contribution < -0.4 is 10.2 Å². The summed E-state index contributed by atoms with van der Waals surface area (Å²) in [6.07, 6.45) is 5.59. The van der Waals surface area contributed by atoms with Crippen LogP contribution >= 0.6 is 11.6 Å². The van der Waals surface area contributed by atoms with E-state index in [4.69, 9.17) is 11.6 Å². The summed E-state index contributed by atoms with van der Waals surface area (Å²) in [7, 11) is 0. The highest BCUT2D eigenvalue weighted by Crippen LogP contribution is 2.56. The molecule has 5 nitrogen and oxygen atoms in total. The van der Waals surface area contributed by atoms with Crippen molar-refractivity contribution in [2.45, 2.75) is 31.8 Å². The van der Waals surface area contributed by atoms with Crippen molar-refractivity contribution in [1.29, 1.82) is 0 Å². The van der Waals surface area contributed by atoms with Crippen molar-refractivity contribution in [3.8, 4) is 0 Å². The first-order valence-electron chi connectivity index (χ1n) is 11.7. The molecular formula is C27H28ClFN4O. The summed E-state index contributed by atoms with van der Waals surface area (Å²) in [5.41, 5.74) is 3.28. The average molecular weight is 479 g/mol. The summed E-state index contributed by atoms with van der Waals surface area (Å²) < 4.78 is 13.2. The Hall–Kier alpha value is -3.12. The van der Waals surface area contributed by atoms with E-state index in [0.717, 1.165) is 35.7 Å². The topological polar surface area (TPSA) is 48.5 Å². The summed E-state index contributed by atoms with van der Waals surface area (Å²) in [5, 5.41) is 3.79. The van der Waals surface area contributed by atoms with Crippen molar-refractivity contribution in [3.05, 3.63) is 95.0 Å². The molecule has 1 N–H and O–H groups in total. The van der Waals surface area contributed by atoms with Crippen LogP contribution in [0.4, 0.5) is 14.9 Å². The molecule has 2 aliphatic rings. The number of amides is 2. The van der Waals surface area contributed by atoms with Gasteiger partial charge >= 0.3 is 6.03 Å². The van der Waals surface area contributed by atoms with E-state index >= 15 is 0 Å². The quantitative estimate of drug-likeness (QED) is 0.501. The van der Waals surface area contributed by atoms with Crippen molar-refractivity contribution in [2.75, 3.05) is 24.5 Å². The van der Waals surface area contributed by atoms with E-state index in [2.05, 4.69) is 27.3 Å². The Morgan fingerprint density at radius 1 is 1.15 bits per heavy atom. The molecule has 176 valence electrons. The number of carbonyl (C=O) groups is 1. The molecule has 34 heavy (non-hydrogen) atoms. The number of nitrogens with zero attached hydrogens (tertiary/aromatic N) is 3. The largest absolute Gasteiger partial charge is 0.363 e. The number of urea groups is 1. The third-order valence-corrected chi connectivity index (χ3v) is 7.51. The number of halogens is 2. The molecule has 1 unspecified atom stereocenters. The van der Waals surface area contributed by atoms with Crippen LogP contribution in [0.1, 0.15) is 43.0 Å². The molecule has 5 rings (SSSR count). The molecule has 3 heterocycles. The number of anilines is 1. The summed E-state index contributed by atoms with van der Waals surface area (Å²) in [4.78, 5) is 21.6. The smallest absolute Gasteiger partial charge is 0.317 e. The second-order valence-electron chi connectivity index (χ2n) is 9.37. The Bertz CT molecular complexity index is 1150. The van der Waals surface area contributed by atoms with Gasteiger partial charge in [0.25, 0.3) is 0 Å². The number of pyridine rings is 1. The molecule has 2 atom stereocenters. The minimum absolute atomic E-state index is 0.0735. The van der Waals surface area contributed by atoms with Gasteiger partial charge in [0.1, 0.15) is 5.82 Å². The van der Waals surface area contributed by atoms with Crippen molar-refractivity contribution in [3.63, 3.8) is 0 Å². The lowest BCUT2D eigenvalue weighted by atomic mass is 9.63. The zero-order chi connectivity index (χ0) is 23.7. The number of nitrogens with one attached hydrogen (secondary N) is 1. The van der Waals surface area contributed by atoms with Crippen LogP contribution in [-0.2, 0) is 0 Å².